The third-order valence-corrected chi connectivity index (χ3v) is 2.99. The fourth-order valence-corrected chi connectivity index (χ4v) is 2.13. The number of ether oxygens (including phenoxy) is 1. The van der Waals surface area contributed by atoms with E-state index in [1.165, 1.54) is 0 Å². The second-order valence-corrected chi connectivity index (χ2v) is 4.28. The molecule has 0 saturated heterocycles. The maximum absolute atomic E-state index is 10.8. The Morgan fingerprint density at radius 1 is 1.11 bits per heavy atom. The van der Waals surface area contributed by atoms with Crippen LogP contribution in [0.1, 0.15) is 21.5 Å². The number of hydrogen-bond donors (Lipinski definition) is 0. The van der Waals surface area contributed by atoms with Gasteiger partial charge >= 0.3 is 0 Å². The van der Waals surface area contributed by atoms with Crippen LogP contribution in [0.2, 0.25) is 0 Å². The van der Waals surface area contributed by atoms with Crippen LogP contribution < -0.4 is 0 Å². The van der Waals surface area contributed by atoms with Crippen molar-refractivity contribution in [1.29, 1.82) is 0 Å². The zero-order valence-electron chi connectivity index (χ0n) is 10.6. The van der Waals surface area contributed by atoms with Crippen molar-refractivity contribution in [2.75, 3.05) is 7.11 Å². The summed E-state index contributed by atoms with van der Waals surface area (Å²) >= 11 is 0. The molecular formula is C16H16O2. The summed E-state index contributed by atoms with van der Waals surface area (Å²) in [5, 5.41) is 0. The molecule has 0 radical (unpaired) electrons. The second-order valence-electron chi connectivity index (χ2n) is 4.28. The lowest BCUT2D eigenvalue weighted by atomic mass is 9.95. The van der Waals surface area contributed by atoms with Crippen LogP contribution in [0.15, 0.2) is 42.5 Å². The maximum Gasteiger partial charge on any atom is 0.150 e. The minimum Gasteiger partial charge on any atom is -0.380 e. The van der Waals surface area contributed by atoms with Crippen LogP contribution in [0.3, 0.4) is 0 Å². The summed E-state index contributed by atoms with van der Waals surface area (Å²) in [6.45, 7) is 2.61. The van der Waals surface area contributed by atoms with Crippen molar-refractivity contribution in [1.82, 2.24) is 0 Å². The molecule has 0 unspecified atom stereocenters. The Hall–Kier alpha value is -1.93. The monoisotopic (exact) mass is 240 g/mol. The Bertz CT molecular complexity index is 559. The number of benzene rings is 2. The van der Waals surface area contributed by atoms with Gasteiger partial charge < -0.3 is 4.74 Å². The van der Waals surface area contributed by atoms with E-state index in [1.807, 2.05) is 37.3 Å². The van der Waals surface area contributed by atoms with Gasteiger partial charge in [-0.2, -0.15) is 0 Å². The first-order chi connectivity index (χ1) is 8.76. The fourth-order valence-electron chi connectivity index (χ4n) is 2.13. The summed E-state index contributed by atoms with van der Waals surface area (Å²) in [5.74, 6) is 0. The van der Waals surface area contributed by atoms with Crippen molar-refractivity contribution in [3.63, 3.8) is 0 Å². The van der Waals surface area contributed by atoms with Crippen molar-refractivity contribution in [3.8, 4) is 11.1 Å². The van der Waals surface area contributed by atoms with Crippen molar-refractivity contribution < 1.29 is 9.53 Å². The molecule has 0 fully saturated rings. The van der Waals surface area contributed by atoms with Crippen LogP contribution in [0.5, 0.6) is 0 Å². The lowest BCUT2D eigenvalue weighted by Crippen LogP contribution is -1.94. The molecule has 92 valence electrons. The number of carbonyl (C=O) groups is 1. The molecule has 2 rings (SSSR count). The summed E-state index contributed by atoms with van der Waals surface area (Å²) in [5.41, 5.74) is 5.27. The summed E-state index contributed by atoms with van der Waals surface area (Å²) in [7, 11) is 1.69. The van der Waals surface area contributed by atoms with E-state index in [4.69, 9.17) is 4.74 Å². The molecule has 0 bridgehead atoms. The van der Waals surface area contributed by atoms with E-state index >= 15 is 0 Å². The van der Waals surface area contributed by atoms with Gasteiger partial charge in [-0.1, -0.05) is 36.4 Å². The fraction of sp³-hybridized carbons (Fsp3) is 0.188. The van der Waals surface area contributed by atoms with E-state index in [0.29, 0.717) is 12.2 Å². The molecule has 2 heteroatoms. The van der Waals surface area contributed by atoms with Crippen LogP contribution in [-0.2, 0) is 11.3 Å². The van der Waals surface area contributed by atoms with Gasteiger partial charge in [0.2, 0.25) is 0 Å². The van der Waals surface area contributed by atoms with Crippen molar-refractivity contribution in [2.45, 2.75) is 13.5 Å². The normalized spacial score (nSPS) is 10.3. The summed E-state index contributed by atoms with van der Waals surface area (Å²) < 4.78 is 5.22. The Morgan fingerprint density at radius 3 is 2.56 bits per heavy atom. The predicted molar refractivity (Wildman–Crippen MR) is 72.7 cm³/mol. The number of carbonyl (C=O) groups excluding carboxylic acids is 1. The van der Waals surface area contributed by atoms with Crippen LogP contribution in [0.25, 0.3) is 11.1 Å². The molecule has 0 amide bonds. The minimum absolute atomic E-state index is 0.588. The van der Waals surface area contributed by atoms with Gasteiger partial charge in [0.15, 0.2) is 0 Å². The van der Waals surface area contributed by atoms with Gasteiger partial charge in [-0.05, 0) is 35.2 Å². The van der Waals surface area contributed by atoms with E-state index in [1.54, 1.807) is 7.11 Å². The van der Waals surface area contributed by atoms with Crippen LogP contribution in [0.4, 0.5) is 0 Å². The van der Waals surface area contributed by atoms with Gasteiger partial charge in [0.05, 0.1) is 6.61 Å². The number of aryl methyl sites for hydroxylation is 1. The maximum atomic E-state index is 10.8. The molecule has 0 aromatic heterocycles. The van der Waals surface area contributed by atoms with Crippen molar-refractivity contribution in [3.05, 3.63) is 59.2 Å². The van der Waals surface area contributed by atoms with Crippen molar-refractivity contribution >= 4 is 6.29 Å². The molecule has 2 aromatic carbocycles. The van der Waals surface area contributed by atoms with Crippen molar-refractivity contribution in [2.24, 2.45) is 0 Å². The summed E-state index contributed by atoms with van der Waals surface area (Å²) in [6.07, 6.45) is 0.873. The highest BCUT2D eigenvalue weighted by molar-refractivity contribution is 5.79. The molecule has 0 heterocycles. The van der Waals surface area contributed by atoms with Crippen LogP contribution >= 0.6 is 0 Å². The van der Waals surface area contributed by atoms with E-state index in [9.17, 15) is 4.79 Å². The third kappa shape index (κ3) is 2.49. The van der Waals surface area contributed by atoms with E-state index in [-0.39, 0.29) is 0 Å². The number of aldehydes is 1. The molecule has 0 aliphatic rings. The molecule has 2 aromatic rings. The number of hydrogen-bond acceptors (Lipinski definition) is 2. The summed E-state index contributed by atoms with van der Waals surface area (Å²) in [6, 6.07) is 13.9. The summed E-state index contributed by atoms with van der Waals surface area (Å²) in [4.78, 5) is 10.8. The Labute approximate surface area is 107 Å². The minimum atomic E-state index is 0.588. The first kappa shape index (κ1) is 12.5. The van der Waals surface area contributed by atoms with Gasteiger partial charge in [-0.3, -0.25) is 4.79 Å². The molecule has 0 atom stereocenters. The van der Waals surface area contributed by atoms with E-state index in [2.05, 4.69) is 12.1 Å². The second kappa shape index (κ2) is 5.61. The van der Waals surface area contributed by atoms with Gasteiger partial charge in [0.1, 0.15) is 6.29 Å². The van der Waals surface area contributed by atoms with Gasteiger partial charge in [0, 0.05) is 12.7 Å². The number of methoxy groups -OCH3 is 1. The molecule has 0 spiro atoms. The lowest BCUT2D eigenvalue weighted by Gasteiger charge is -2.11. The molecule has 0 saturated carbocycles. The van der Waals surface area contributed by atoms with Crippen LogP contribution in [0, 0.1) is 6.92 Å². The highest BCUT2D eigenvalue weighted by Crippen LogP contribution is 2.27. The first-order valence-corrected chi connectivity index (χ1v) is 5.89. The average molecular weight is 240 g/mol. The molecular weight excluding hydrogens is 224 g/mol. The predicted octanol–water partition coefficient (Wildman–Crippen LogP) is 3.62. The van der Waals surface area contributed by atoms with Gasteiger partial charge in [0.25, 0.3) is 0 Å². The quantitative estimate of drug-likeness (QED) is 0.763. The Balaban J connectivity index is 2.51. The average Bonchev–Trinajstić information content (AvgIpc) is 2.40. The Morgan fingerprint density at radius 2 is 1.89 bits per heavy atom. The first-order valence-electron chi connectivity index (χ1n) is 5.89. The highest BCUT2D eigenvalue weighted by atomic mass is 16.5. The largest absolute Gasteiger partial charge is 0.380 e. The van der Waals surface area contributed by atoms with Gasteiger partial charge in [-0.15, -0.1) is 0 Å². The topological polar surface area (TPSA) is 26.3 Å². The van der Waals surface area contributed by atoms with E-state index in [0.717, 1.165) is 28.5 Å². The SMILES string of the molecule is COCc1ccccc1-c1ccc(C=O)cc1C. The zero-order chi connectivity index (χ0) is 13.0. The highest BCUT2D eigenvalue weighted by Gasteiger charge is 2.07. The van der Waals surface area contributed by atoms with Gasteiger partial charge in [-0.25, -0.2) is 0 Å². The standard InChI is InChI=1S/C16H16O2/c1-12-9-13(10-17)7-8-15(12)16-6-4-3-5-14(16)11-18-2/h3-10H,11H2,1-2H3. The lowest BCUT2D eigenvalue weighted by molar-refractivity contribution is 0.112. The number of rotatable bonds is 4. The molecule has 0 N–H and O–H groups in total. The Kier molecular flexibility index (Phi) is 3.90. The van der Waals surface area contributed by atoms with Crippen LogP contribution in [-0.4, -0.2) is 13.4 Å². The smallest absolute Gasteiger partial charge is 0.150 e. The van der Waals surface area contributed by atoms with E-state index < -0.39 is 0 Å². The molecule has 0 aliphatic heterocycles. The molecule has 18 heavy (non-hydrogen) atoms. The molecule has 0 aliphatic carbocycles. The third-order valence-electron chi connectivity index (χ3n) is 2.99. The molecule has 2 nitrogen and oxygen atoms in total. The zero-order valence-corrected chi connectivity index (χ0v) is 10.6.